The summed E-state index contributed by atoms with van der Waals surface area (Å²) in [6, 6.07) is 8.21. The Balaban J connectivity index is 2.71. The summed E-state index contributed by atoms with van der Waals surface area (Å²) >= 11 is 0. The zero-order chi connectivity index (χ0) is 14.7. The van der Waals surface area contributed by atoms with E-state index in [1.165, 1.54) is 11.6 Å². The van der Waals surface area contributed by atoms with E-state index in [1.54, 1.807) is 6.08 Å². The van der Waals surface area contributed by atoms with Crippen LogP contribution in [0.2, 0.25) is 0 Å². The van der Waals surface area contributed by atoms with Crippen LogP contribution in [0.25, 0.3) is 6.08 Å². The van der Waals surface area contributed by atoms with Crippen molar-refractivity contribution >= 4 is 12.0 Å². The largest absolute Gasteiger partial charge is 0.457 e. The van der Waals surface area contributed by atoms with Crippen molar-refractivity contribution in [2.24, 2.45) is 0 Å². The van der Waals surface area contributed by atoms with Gasteiger partial charge in [0.05, 0.1) is 0 Å². The Kier molecular flexibility index (Phi) is 4.56. The molecule has 0 aliphatic heterocycles. The van der Waals surface area contributed by atoms with Gasteiger partial charge in [0.25, 0.3) is 0 Å². The summed E-state index contributed by atoms with van der Waals surface area (Å²) < 4.78 is 5.21. The average Bonchev–Trinajstić information content (AvgIpc) is 2.23. The van der Waals surface area contributed by atoms with Crippen molar-refractivity contribution in [3.05, 3.63) is 41.5 Å². The van der Waals surface area contributed by atoms with Crippen molar-refractivity contribution in [1.29, 1.82) is 0 Å². The van der Waals surface area contributed by atoms with Gasteiger partial charge >= 0.3 is 5.97 Å². The van der Waals surface area contributed by atoms with Crippen LogP contribution in [-0.4, -0.2) is 11.6 Å². The van der Waals surface area contributed by atoms with Crippen LogP contribution in [0.4, 0.5) is 0 Å². The number of ether oxygens (including phenoxy) is 1. The summed E-state index contributed by atoms with van der Waals surface area (Å²) in [7, 11) is 0. The normalized spacial score (nSPS) is 12.7. The maximum absolute atomic E-state index is 11.5. The quantitative estimate of drug-likeness (QED) is 0.584. The number of benzene rings is 1. The van der Waals surface area contributed by atoms with Crippen molar-refractivity contribution < 1.29 is 9.53 Å². The first kappa shape index (κ1) is 15.5. The molecule has 104 valence electrons. The molecule has 1 aromatic rings. The first-order valence-corrected chi connectivity index (χ1v) is 6.59. The third kappa shape index (κ3) is 5.73. The number of carbonyl (C=O) groups excluding carboxylic acids is 1. The van der Waals surface area contributed by atoms with Crippen molar-refractivity contribution in [2.75, 3.05) is 0 Å². The second kappa shape index (κ2) is 5.60. The number of rotatable bonds is 2. The smallest absolute Gasteiger partial charge is 0.331 e. The summed E-state index contributed by atoms with van der Waals surface area (Å²) in [4.78, 5) is 11.5. The molecule has 0 spiro atoms. The topological polar surface area (TPSA) is 26.3 Å². The van der Waals surface area contributed by atoms with Crippen LogP contribution in [0.15, 0.2) is 30.3 Å². The van der Waals surface area contributed by atoms with Crippen LogP contribution < -0.4 is 0 Å². The molecule has 0 unspecified atom stereocenters. The standard InChI is InChI=1S/C17H24O2/c1-16(2,3)14-10-7-13(8-11-14)9-12-15(18)19-17(4,5)6/h7-12H,1-6H3/b12-9+. The molecule has 0 atom stereocenters. The van der Waals surface area contributed by atoms with Crippen LogP contribution in [0, 0.1) is 0 Å². The van der Waals surface area contributed by atoms with E-state index in [0.717, 1.165) is 5.56 Å². The second-order valence-electron chi connectivity index (χ2n) is 6.74. The Morgan fingerprint density at radius 2 is 1.53 bits per heavy atom. The summed E-state index contributed by atoms with van der Waals surface area (Å²) in [5, 5.41) is 0. The minimum Gasteiger partial charge on any atom is -0.457 e. The van der Waals surface area contributed by atoms with E-state index in [2.05, 4.69) is 32.9 Å². The molecule has 2 heteroatoms. The molecule has 0 bridgehead atoms. The van der Waals surface area contributed by atoms with Crippen LogP contribution >= 0.6 is 0 Å². The SMILES string of the molecule is CC(C)(C)OC(=O)/C=C/c1ccc(C(C)(C)C)cc1. The lowest BCUT2D eigenvalue weighted by Crippen LogP contribution is -2.22. The van der Waals surface area contributed by atoms with E-state index in [-0.39, 0.29) is 11.4 Å². The minimum atomic E-state index is -0.447. The lowest BCUT2D eigenvalue weighted by atomic mass is 9.87. The summed E-state index contributed by atoms with van der Waals surface area (Å²) in [5.74, 6) is -0.313. The summed E-state index contributed by atoms with van der Waals surface area (Å²) in [5.41, 5.74) is 1.98. The third-order valence-electron chi connectivity index (χ3n) is 2.60. The van der Waals surface area contributed by atoms with Gasteiger partial charge < -0.3 is 4.74 Å². The number of hydrogen-bond acceptors (Lipinski definition) is 2. The van der Waals surface area contributed by atoms with Gasteiger partial charge in [0.1, 0.15) is 5.60 Å². The zero-order valence-corrected chi connectivity index (χ0v) is 12.8. The highest BCUT2D eigenvalue weighted by atomic mass is 16.6. The van der Waals surface area contributed by atoms with Gasteiger partial charge in [-0.05, 0) is 43.4 Å². The van der Waals surface area contributed by atoms with Gasteiger partial charge in [-0.2, -0.15) is 0 Å². The van der Waals surface area contributed by atoms with Crippen LogP contribution in [0.5, 0.6) is 0 Å². The van der Waals surface area contributed by atoms with Gasteiger partial charge in [-0.25, -0.2) is 4.79 Å². The summed E-state index contributed by atoms with van der Waals surface area (Å²) in [6.45, 7) is 12.1. The maximum Gasteiger partial charge on any atom is 0.331 e. The predicted octanol–water partition coefficient (Wildman–Crippen LogP) is 4.34. The fourth-order valence-electron chi connectivity index (χ4n) is 1.59. The van der Waals surface area contributed by atoms with Gasteiger partial charge in [-0.15, -0.1) is 0 Å². The number of hydrogen-bond donors (Lipinski definition) is 0. The van der Waals surface area contributed by atoms with Gasteiger partial charge in [-0.3, -0.25) is 0 Å². The molecular formula is C17H24O2. The molecule has 0 N–H and O–H groups in total. The van der Waals surface area contributed by atoms with Crippen molar-refractivity contribution in [3.8, 4) is 0 Å². The molecule has 0 saturated heterocycles. The number of carbonyl (C=O) groups is 1. The lowest BCUT2D eigenvalue weighted by molar-refractivity contribution is -0.148. The molecular weight excluding hydrogens is 236 g/mol. The zero-order valence-electron chi connectivity index (χ0n) is 12.8. The molecule has 0 amide bonds. The van der Waals surface area contributed by atoms with Crippen LogP contribution in [0.1, 0.15) is 52.7 Å². The van der Waals surface area contributed by atoms with E-state index in [9.17, 15) is 4.79 Å². The van der Waals surface area contributed by atoms with Gasteiger partial charge in [-0.1, -0.05) is 45.0 Å². The molecule has 0 heterocycles. The lowest BCUT2D eigenvalue weighted by Gasteiger charge is -2.19. The van der Waals surface area contributed by atoms with Gasteiger partial charge in [0.15, 0.2) is 0 Å². The second-order valence-corrected chi connectivity index (χ2v) is 6.74. The van der Waals surface area contributed by atoms with Gasteiger partial charge in [0, 0.05) is 6.08 Å². The Hall–Kier alpha value is -1.57. The molecule has 2 nitrogen and oxygen atoms in total. The Morgan fingerprint density at radius 1 is 1.00 bits per heavy atom. The van der Waals surface area contributed by atoms with Crippen molar-refractivity contribution in [2.45, 2.75) is 52.6 Å². The highest BCUT2D eigenvalue weighted by Crippen LogP contribution is 2.22. The Labute approximate surface area is 116 Å². The molecule has 19 heavy (non-hydrogen) atoms. The van der Waals surface area contributed by atoms with E-state index in [0.29, 0.717) is 0 Å². The van der Waals surface area contributed by atoms with E-state index in [1.807, 2.05) is 32.9 Å². The van der Waals surface area contributed by atoms with Crippen molar-refractivity contribution in [1.82, 2.24) is 0 Å². The molecule has 0 aromatic heterocycles. The predicted molar refractivity (Wildman–Crippen MR) is 80.0 cm³/mol. The highest BCUT2D eigenvalue weighted by molar-refractivity contribution is 5.87. The summed E-state index contributed by atoms with van der Waals surface area (Å²) in [6.07, 6.45) is 3.25. The first-order chi connectivity index (χ1) is 8.58. The number of esters is 1. The Morgan fingerprint density at radius 3 is 1.95 bits per heavy atom. The van der Waals surface area contributed by atoms with E-state index < -0.39 is 5.60 Å². The fourth-order valence-corrected chi connectivity index (χ4v) is 1.59. The molecule has 0 aliphatic carbocycles. The van der Waals surface area contributed by atoms with Crippen LogP contribution in [-0.2, 0) is 14.9 Å². The molecule has 0 fully saturated rings. The molecule has 1 rings (SSSR count). The average molecular weight is 260 g/mol. The molecule has 1 aromatic carbocycles. The third-order valence-corrected chi connectivity index (χ3v) is 2.60. The van der Waals surface area contributed by atoms with E-state index in [4.69, 9.17) is 4.74 Å². The van der Waals surface area contributed by atoms with Crippen molar-refractivity contribution in [3.63, 3.8) is 0 Å². The molecule has 0 radical (unpaired) electrons. The monoisotopic (exact) mass is 260 g/mol. The Bertz CT molecular complexity index is 454. The highest BCUT2D eigenvalue weighted by Gasteiger charge is 2.14. The van der Waals surface area contributed by atoms with Crippen LogP contribution in [0.3, 0.4) is 0 Å². The van der Waals surface area contributed by atoms with E-state index >= 15 is 0 Å². The molecule has 0 aliphatic rings. The van der Waals surface area contributed by atoms with Gasteiger partial charge in [0.2, 0.25) is 0 Å². The maximum atomic E-state index is 11.5. The first-order valence-electron chi connectivity index (χ1n) is 6.59. The fraction of sp³-hybridized carbons (Fsp3) is 0.471. The molecule has 0 saturated carbocycles. The minimum absolute atomic E-state index is 0.146.